The van der Waals surface area contributed by atoms with Crippen LogP contribution >= 0.6 is 11.6 Å². The molecule has 0 aromatic heterocycles. The van der Waals surface area contributed by atoms with Gasteiger partial charge in [0.1, 0.15) is 0 Å². The molecule has 0 spiro atoms. The van der Waals surface area contributed by atoms with E-state index in [0.29, 0.717) is 11.6 Å². The van der Waals surface area contributed by atoms with E-state index in [1.165, 1.54) is 11.6 Å². The lowest BCUT2D eigenvalue weighted by Crippen LogP contribution is -2.20. The van der Waals surface area contributed by atoms with Crippen molar-refractivity contribution >= 4 is 23.6 Å². The number of carbonyl (C=O) groups excluding carboxylic acids is 1. The third kappa shape index (κ3) is 5.84. The Morgan fingerprint density at radius 3 is 2.42 bits per heavy atom. The maximum Gasteiger partial charge on any atom is 0.244 e. The van der Waals surface area contributed by atoms with Crippen LogP contribution in [0, 0.1) is 6.92 Å². The van der Waals surface area contributed by atoms with Gasteiger partial charge in [0.05, 0.1) is 0 Å². The summed E-state index contributed by atoms with van der Waals surface area (Å²) in [6.45, 7) is 3.38. The van der Waals surface area contributed by atoms with E-state index in [2.05, 4.69) is 22.3 Å². The second-order valence-corrected chi connectivity index (χ2v) is 6.52. The Bertz CT molecular complexity index is 721. The fraction of sp³-hybridized carbons (Fsp3) is 0.250. The molecule has 126 valence electrons. The Balaban J connectivity index is 1.86. The summed E-state index contributed by atoms with van der Waals surface area (Å²) >= 11 is 6.08. The van der Waals surface area contributed by atoms with Crippen LogP contribution in [-0.4, -0.2) is 24.9 Å². The number of hydrogen-bond donors (Lipinski definition) is 1. The summed E-state index contributed by atoms with van der Waals surface area (Å²) in [7, 11) is 4.09. The Hall–Kier alpha value is -2.10. The van der Waals surface area contributed by atoms with Gasteiger partial charge in [-0.1, -0.05) is 48.0 Å². The van der Waals surface area contributed by atoms with Crippen molar-refractivity contribution < 1.29 is 4.79 Å². The second kappa shape index (κ2) is 8.67. The first-order valence-electron chi connectivity index (χ1n) is 7.88. The predicted octanol–water partition coefficient (Wildman–Crippen LogP) is 4.04. The van der Waals surface area contributed by atoms with Crippen LogP contribution in [0.4, 0.5) is 0 Å². The first-order chi connectivity index (χ1) is 11.4. The maximum absolute atomic E-state index is 11.9. The maximum atomic E-state index is 11.9. The van der Waals surface area contributed by atoms with Crippen molar-refractivity contribution in [2.45, 2.75) is 20.0 Å². The number of nitrogens with one attached hydrogen (secondary N) is 1. The smallest absolute Gasteiger partial charge is 0.244 e. The quantitative estimate of drug-likeness (QED) is 0.803. The predicted molar refractivity (Wildman–Crippen MR) is 101 cm³/mol. The highest BCUT2D eigenvalue weighted by atomic mass is 35.5. The van der Waals surface area contributed by atoms with Crippen LogP contribution < -0.4 is 5.32 Å². The molecule has 2 aromatic rings. The number of aryl methyl sites for hydroxylation is 1. The highest BCUT2D eigenvalue weighted by molar-refractivity contribution is 6.31. The largest absolute Gasteiger partial charge is 0.348 e. The van der Waals surface area contributed by atoms with E-state index < -0.39 is 0 Å². The van der Waals surface area contributed by atoms with Gasteiger partial charge in [0.25, 0.3) is 0 Å². The monoisotopic (exact) mass is 342 g/mol. The minimum Gasteiger partial charge on any atom is -0.348 e. The van der Waals surface area contributed by atoms with Crippen LogP contribution in [0.2, 0.25) is 5.02 Å². The van der Waals surface area contributed by atoms with E-state index >= 15 is 0 Å². The lowest BCUT2D eigenvalue weighted by molar-refractivity contribution is -0.116. The fourth-order valence-corrected chi connectivity index (χ4v) is 2.45. The number of hydrogen-bond acceptors (Lipinski definition) is 2. The lowest BCUT2D eigenvalue weighted by Gasteiger charge is -2.10. The van der Waals surface area contributed by atoms with Gasteiger partial charge < -0.3 is 10.2 Å². The van der Waals surface area contributed by atoms with E-state index in [1.54, 1.807) is 6.08 Å². The van der Waals surface area contributed by atoms with Crippen LogP contribution in [0.15, 0.2) is 48.5 Å². The second-order valence-electron chi connectivity index (χ2n) is 6.11. The number of amides is 1. The van der Waals surface area contributed by atoms with Gasteiger partial charge in [-0.15, -0.1) is 0 Å². The van der Waals surface area contributed by atoms with Crippen molar-refractivity contribution in [2.75, 3.05) is 14.1 Å². The zero-order valence-electron chi connectivity index (χ0n) is 14.3. The number of benzene rings is 2. The molecule has 0 unspecified atom stereocenters. The average Bonchev–Trinajstić information content (AvgIpc) is 2.55. The molecule has 0 saturated heterocycles. The number of carbonyl (C=O) groups is 1. The highest BCUT2D eigenvalue weighted by Crippen LogP contribution is 2.17. The summed E-state index contributed by atoms with van der Waals surface area (Å²) in [4.78, 5) is 14.0. The number of halogens is 1. The lowest BCUT2D eigenvalue weighted by atomic mass is 10.1. The third-order valence-corrected chi connectivity index (χ3v) is 4.02. The molecule has 0 atom stereocenters. The number of nitrogens with zero attached hydrogens (tertiary/aromatic N) is 1. The minimum atomic E-state index is -0.121. The zero-order valence-corrected chi connectivity index (χ0v) is 15.1. The first kappa shape index (κ1) is 18.2. The van der Waals surface area contributed by atoms with Crippen LogP contribution in [0.5, 0.6) is 0 Å². The molecular formula is C20H23ClN2O. The Kier molecular flexibility index (Phi) is 6.59. The third-order valence-electron chi connectivity index (χ3n) is 3.61. The first-order valence-corrected chi connectivity index (χ1v) is 8.26. The molecule has 3 nitrogen and oxygen atoms in total. The molecule has 0 aliphatic carbocycles. The van der Waals surface area contributed by atoms with E-state index in [-0.39, 0.29) is 5.91 Å². The molecule has 0 heterocycles. The van der Waals surface area contributed by atoms with Gasteiger partial charge in [-0.05, 0) is 55.4 Å². The van der Waals surface area contributed by atoms with Crippen molar-refractivity contribution in [3.05, 3.63) is 75.8 Å². The molecule has 0 radical (unpaired) electrons. The molecule has 0 aliphatic heterocycles. The molecule has 0 aliphatic rings. The summed E-state index contributed by atoms with van der Waals surface area (Å²) in [5.41, 5.74) is 4.27. The van der Waals surface area contributed by atoms with Gasteiger partial charge in [0.15, 0.2) is 0 Å². The summed E-state index contributed by atoms with van der Waals surface area (Å²) in [6.07, 6.45) is 3.29. The van der Waals surface area contributed by atoms with Crippen molar-refractivity contribution in [1.29, 1.82) is 0 Å². The van der Waals surface area contributed by atoms with Crippen LogP contribution in [0.25, 0.3) is 6.08 Å². The minimum absolute atomic E-state index is 0.121. The van der Waals surface area contributed by atoms with Crippen molar-refractivity contribution in [1.82, 2.24) is 10.2 Å². The topological polar surface area (TPSA) is 32.3 Å². The van der Waals surface area contributed by atoms with E-state index in [0.717, 1.165) is 23.2 Å². The average molecular weight is 343 g/mol. The molecule has 2 aromatic carbocycles. The van der Waals surface area contributed by atoms with Gasteiger partial charge in [-0.2, -0.15) is 0 Å². The van der Waals surface area contributed by atoms with Crippen molar-refractivity contribution in [2.24, 2.45) is 0 Å². The summed E-state index contributed by atoms with van der Waals surface area (Å²) < 4.78 is 0. The summed E-state index contributed by atoms with van der Waals surface area (Å²) in [5.74, 6) is -0.121. The van der Waals surface area contributed by atoms with Gasteiger partial charge in [0, 0.05) is 24.2 Å². The van der Waals surface area contributed by atoms with Gasteiger partial charge >= 0.3 is 0 Å². The van der Waals surface area contributed by atoms with Crippen LogP contribution in [0.3, 0.4) is 0 Å². The fourth-order valence-electron chi connectivity index (χ4n) is 2.26. The zero-order chi connectivity index (χ0) is 17.5. The molecule has 2 rings (SSSR count). The Morgan fingerprint density at radius 1 is 1.12 bits per heavy atom. The van der Waals surface area contributed by atoms with Gasteiger partial charge in [-0.3, -0.25) is 4.79 Å². The van der Waals surface area contributed by atoms with E-state index in [4.69, 9.17) is 11.6 Å². The van der Waals surface area contributed by atoms with E-state index in [1.807, 2.05) is 51.4 Å². The summed E-state index contributed by atoms with van der Waals surface area (Å²) in [5, 5.41) is 3.59. The molecular weight excluding hydrogens is 320 g/mol. The Morgan fingerprint density at radius 2 is 1.79 bits per heavy atom. The normalized spacial score (nSPS) is 11.2. The molecule has 0 bridgehead atoms. The Labute approximate surface area is 148 Å². The molecule has 4 heteroatoms. The molecule has 0 fully saturated rings. The van der Waals surface area contributed by atoms with Crippen LogP contribution in [0.1, 0.15) is 22.3 Å². The van der Waals surface area contributed by atoms with Crippen molar-refractivity contribution in [3.63, 3.8) is 0 Å². The molecule has 1 amide bonds. The number of rotatable bonds is 6. The molecule has 24 heavy (non-hydrogen) atoms. The molecule has 1 N–H and O–H groups in total. The standard InChI is InChI=1S/C20H23ClN2O/c1-15-4-5-16(12-19(15)21)10-11-20(24)22-13-17-6-8-18(9-7-17)14-23(2)3/h4-12H,13-14H2,1-3H3,(H,22,24)/b11-10+. The van der Waals surface area contributed by atoms with Gasteiger partial charge in [-0.25, -0.2) is 0 Å². The van der Waals surface area contributed by atoms with Crippen molar-refractivity contribution in [3.8, 4) is 0 Å². The molecule has 0 saturated carbocycles. The SMILES string of the molecule is Cc1ccc(/C=C/C(=O)NCc2ccc(CN(C)C)cc2)cc1Cl. The van der Waals surface area contributed by atoms with Gasteiger partial charge in [0.2, 0.25) is 5.91 Å². The summed E-state index contributed by atoms with van der Waals surface area (Å²) in [6, 6.07) is 14.0. The van der Waals surface area contributed by atoms with Crippen LogP contribution in [-0.2, 0) is 17.9 Å². The van der Waals surface area contributed by atoms with E-state index in [9.17, 15) is 4.79 Å². The highest BCUT2D eigenvalue weighted by Gasteiger charge is 2.00.